The van der Waals surface area contributed by atoms with E-state index >= 15 is 0 Å². The molecule has 0 radical (unpaired) electrons. The van der Waals surface area contributed by atoms with Crippen molar-refractivity contribution in [1.82, 2.24) is 4.90 Å². The van der Waals surface area contributed by atoms with E-state index in [0.29, 0.717) is 27.5 Å². The minimum absolute atomic E-state index is 0.0734. The van der Waals surface area contributed by atoms with Crippen LogP contribution in [0, 0.1) is 13.8 Å². The summed E-state index contributed by atoms with van der Waals surface area (Å²) in [7, 11) is 0. The molecule has 0 bridgehead atoms. The maximum atomic E-state index is 12.3. The fourth-order valence-electron chi connectivity index (χ4n) is 2.58. The van der Waals surface area contributed by atoms with Gasteiger partial charge in [-0.3, -0.25) is 14.5 Å². The Kier molecular flexibility index (Phi) is 4.19. The van der Waals surface area contributed by atoms with Gasteiger partial charge < -0.3 is 9.52 Å². The molecule has 0 saturated heterocycles. The normalized spacial score (nSPS) is 13.5. The average Bonchev–Trinajstić information content (AvgIpc) is 2.98. The van der Waals surface area contributed by atoms with E-state index < -0.39 is 5.97 Å². The van der Waals surface area contributed by atoms with Crippen molar-refractivity contribution in [3.8, 4) is 0 Å². The van der Waals surface area contributed by atoms with Crippen LogP contribution in [0.1, 0.15) is 42.4 Å². The molecule has 0 spiro atoms. The van der Waals surface area contributed by atoms with Gasteiger partial charge in [-0.2, -0.15) is 0 Å². The lowest BCUT2D eigenvalue weighted by Gasteiger charge is -2.12. The summed E-state index contributed by atoms with van der Waals surface area (Å²) in [5.41, 5.74) is 2.20. The first-order valence-electron chi connectivity index (χ1n) is 7.33. The van der Waals surface area contributed by atoms with Gasteiger partial charge in [0.05, 0.1) is 11.1 Å². The van der Waals surface area contributed by atoms with Crippen LogP contribution in [0.15, 0.2) is 33.8 Å². The van der Waals surface area contributed by atoms with Crippen molar-refractivity contribution >= 4 is 29.5 Å². The molecule has 1 aliphatic heterocycles. The summed E-state index contributed by atoms with van der Waals surface area (Å²) >= 11 is 1.29. The molecule has 2 amide bonds. The number of furan rings is 1. The summed E-state index contributed by atoms with van der Waals surface area (Å²) in [5, 5.41) is 9.57. The minimum Gasteiger partial charge on any atom is -0.475 e. The minimum atomic E-state index is -1.11. The number of aromatic carboxylic acids is 1. The molecule has 24 heavy (non-hydrogen) atoms. The number of carboxylic acids is 1. The Balaban J connectivity index is 1.68. The van der Waals surface area contributed by atoms with Gasteiger partial charge in [-0.25, -0.2) is 4.79 Å². The fraction of sp³-hybridized carbons (Fsp3) is 0.235. The van der Waals surface area contributed by atoms with Gasteiger partial charge in [0.1, 0.15) is 0 Å². The number of imide groups is 1. The Hall–Kier alpha value is -2.54. The van der Waals surface area contributed by atoms with Crippen LogP contribution in [0.25, 0.3) is 0 Å². The maximum absolute atomic E-state index is 12.3. The zero-order chi connectivity index (χ0) is 17.4. The number of hydrogen-bond acceptors (Lipinski definition) is 5. The predicted octanol–water partition coefficient (Wildman–Crippen LogP) is 2.98. The van der Waals surface area contributed by atoms with E-state index in [1.54, 1.807) is 38.1 Å². The van der Waals surface area contributed by atoms with Crippen LogP contribution in [0.5, 0.6) is 0 Å². The van der Waals surface area contributed by atoms with E-state index in [0.717, 1.165) is 5.56 Å². The lowest BCUT2D eigenvalue weighted by Crippen LogP contribution is -2.31. The van der Waals surface area contributed by atoms with E-state index in [1.165, 1.54) is 16.7 Å². The second-order valence-electron chi connectivity index (χ2n) is 5.43. The van der Waals surface area contributed by atoms with Gasteiger partial charge in [-0.1, -0.05) is 23.9 Å². The molecule has 2 heterocycles. The molecule has 0 fully saturated rings. The molecule has 6 nitrogen and oxygen atoms in total. The van der Waals surface area contributed by atoms with Crippen molar-refractivity contribution in [2.45, 2.75) is 18.9 Å². The summed E-state index contributed by atoms with van der Waals surface area (Å²) in [6.07, 6.45) is 0. The average molecular weight is 345 g/mol. The molecule has 7 heteroatoms. The molecule has 3 rings (SSSR count). The number of hydrogen-bond donors (Lipinski definition) is 1. The van der Waals surface area contributed by atoms with Gasteiger partial charge in [0.15, 0.2) is 5.09 Å². The highest BCUT2D eigenvalue weighted by Crippen LogP contribution is 2.30. The number of amides is 2. The largest absolute Gasteiger partial charge is 0.475 e. The van der Waals surface area contributed by atoms with Crippen LogP contribution in [-0.2, 0) is 0 Å². The number of thioether (sulfide) groups is 1. The maximum Gasteiger partial charge on any atom is 0.372 e. The van der Waals surface area contributed by atoms with Crippen LogP contribution < -0.4 is 0 Å². The Bertz CT molecular complexity index is 820. The van der Waals surface area contributed by atoms with E-state index in [4.69, 9.17) is 9.52 Å². The molecule has 1 aliphatic rings. The van der Waals surface area contributed by atoms with E-state index in [2.05, 4.69) is 0 Å². The van der Waals surface area contributed by atoms with Crippen molar-refractivity contribution in [3.63, 3.8) is 0 Å². The molecular formula is C17H15NO5S. The second kappa shape index (κ2) is 6.16. The third-order valence-corrected chi connectivity index (χ3v) is 5.06. The summed E-state index contributed by atoms with van der Waals surface area (Å²) in [6, 6.07) is 6.74. The number of benzene rings is 1. The Morgan fingerprint density at radius 3 is 2.21 bits per heavy atom. The number of carbonyl (C=O) groups is 3. The standard InChI is InChI=1S/C17H15NO5S/c1-9-10(2)17(23-13(9)16(21)22)24-8-7-18-14(19)11-5-3-4-6-12(11)15(18)20/h3-6H,7-8H2,1-2H3,(H,21,22). The monoisotopic (exact) mass is 345 g/mol. The van der Waals surface area contributed by atoms with Crippen LogP contribution in [0.3, 0.4) is 0 Å². The SMILES string of the molecule is Cc1c(SCCN2C(=O)c3ccccc3C2=O)oc(C(=O)O)c1C. The van der Waals surface area contributed by atoms with Crippen molar-refractivity contribution in [2.75, 3.05) is 12.3 Å². The van der Waals surface area contributed by atoms with Crippen molar-refractivity contribution in [3.05, 3.63) is 52.3 Å². The Labute approximate surface area is 142 Å². The molecule has 0 unspecified atom stereocenters. The number of carboxylic acid groups (broad SMARTS) is 1. The predicted molar refractivity (Wildman–Crippen MR) is 87.7 cm³/mol. The first-order chi connectivity index (χ1) is 11.4. The number of fused-ring (bicyclic) bond motifs is 1. The highest BCUT2D eigenvalue weighted by molar-refractivity contribution is 7.99. The van der Waals surface area contributed by atoms with Crippen LogP contribution in [0.2, 0.25) is 0 Å². The molecule has 0 aliphatic carbocycles. The smallest absolute Gasteiger partial charge is 0.372 e. The third kappa shape index (κ3) is 2.60. The summed E-state index contributed by atoms with van der Waals surface area (Å²) < 4.78 is 5.36. The van der Waals surface area contributed by atoms with E-state index in [-0.39, 0.29) is 24.1 Å². The number of rotatable bonds is 5. The zero-order valence-corrected chi connectivity index (χ0v) is 14.0. The molecule has 1 aromatic heterocycles. The number of carbonyl (C=O) groups excluding carboxylic acids is 2. The molecule has 2 aromatic rings. The van der Waals surface area contributed by atoms with Gasteiger partial charge in [-0.15, -0.1) is 0 Å². The number of nitrogens with zero attached hydrogens (tertiary/aromatic N) is 1. The van der Waals surface area contributed by atoms with Crippen molar-refractivity contribution in [1.29, 1.82) is 0 Å². The van der Waals surface area contributed by atoms with Gasteiger partial charge in [0.25, 0.3) is 11.8 Å². The molecule has 1 N–H and O–H groups in total. The third-order valence-electron chi connectivity index (χ3n) is 4.02. The Morgan fingerprint density at radius 2 is 1.71 bits per heavy atom. The van der Waals surface area contributed by atoms with Crippen molar-refractivity contribution < 1.29 is 23.9 Å². The zero-order valence-electron chi connectivity index (χ0n) is 13.2. The van der Waals surface area contributed by atoms with Crippen LogP contribution >= 0.6 is 11.8 Å². The van der Waals surface area contributed by atoms with Gasteiger partial charge in [-0.05, 0) is 26.0 Å². The van der Waals surface area contributed by atoms with E-state index in [1.807, 2.05) is 0 Å². The highest BCUT2D eigenvalue weighted by Gasteiger charge is 2.34. The first-order valence-corrected chi connectivity index (χ1v) is 8.31. The lowest BCUT2D eigenvalue weighted by molar-refractivity contribution is 0.0648. The summed E-state index contributed by atoms with van der Waals surface area (Å²) in [4.78, 5) is 36.8. The summed E-state index contributed by atoms with van der Waals surface area (Å²) in [6.45, 7) is 3.71. The van der Waals surface area contributed by atoms with E-state index in [9.17, 15) is 14.4 Å². The highest BCUT2D eigenvalue weighted by atomic mass is 32.2. The topological polar surface area (TPSA) is 87.8 Å². The van der Waals surface area contributed by atoms with Crippen molar-refractivity contribution in [2.24, 2.45) is 0 Å². The van der Waals surface area contributed by atoms with Gasteiger partial charge in [0.2, 0.25) is 5.76 Å². The molecular weight excluding hydrogens is 330 g/mol. The van der Waals surface area contributed by atoms with Crippen LogP contribution in [-0.4, -0.2) is 40.1 Å². The van der Waals surface area contributed by atoms with Gasteiger partial charge in [0, 0.05) is 23.4 Å². The van der Waals surface area contributed by atoms with Crippen LogP contribution in [0.4, 0.5) is 0 Å². The summed E-state index contributed by atoms with van der Waals surface area (Å²) in [5.74, 6) is -1.35. The molecule has 1 aromatic carbocycles. The second-order valence-corrected chi connectivity index (χ2v) is 6.50. The molecule has 124 valence electrons. The quantitative estimate of drug-likeness (QED) is 0.662. The first kappa shape index (κ1) is 16.3. The lowest BCUT2D eigenvalue weighted by atomic mass is 10.1. The molecule has 0 saturated carbocycles. The van der Waals surface area contributed by atoms with Gasteiger partial charge >= 0.3 is 5.97 Å². The molecule has 0 atom stereocenters. The Morgan fingerprint density at radius 1 is 1.12 bits per heavy atom. The fourth-order valence-corrected chi connectivity index (χ4v) is 3.55.